The highest BCUT2D eigenvalue weighted by atomic mass is 79.9. The van der Waals surface area contributed by atoms with Gasteiger partial charge in [0.05, 0.1) is 17.3 Å². The minimum Gasteiger partial charge on any atom is -0.478 e. The number of para-hydroxylation sites is 1. The van der Waals surface area contributed by atoms with E-state index in [4.69, 9.17) is 9.47 Å². The highest BCUT2D eigenvalue weighted by molar-refractivity contribution is 9.10. The molecule has 3 aliphatic rings. The van der Waals surface area contributed by atoms with Crippen molar-refractivity contribution in [3.8, 4) is 11.5 Å². The molecule has 0 spiro atoms. The van der Waals surface area contributed by atoms with E-state index in [1.807, 2.05) is 18.2 Å². The number of anilines is 1. The maximum atomic E-state index is 12.0. The zero-order chi connectivity index (χ0) is 20.4. The lowest BCUT2D eigenvalue weighted by Crippen LogP contribution is -2.31. The van der Waals surface area contributed by atoms with Crippen LogP contribution in [0, 0.1) is 5.92 Å². The second-order valence-corrected chi connectivity index (χ2v) is 8.82. The zero-order valence-electron chi connectivity index (χ0n) is 15.9. The number of hydrogen-bond donors (Lipinski definition) is 2. The van der Waals surface area contributed by atoms with Gasteiger partial charge in [-0.1, -0.05) is 52.3 Å². The summed E-state index contributed by atoms with van der Waals surface area (Å²) in [6.07, 6.45) is 0.927. The molecule has 1 aliphatic carbocycles. The second-order valence-electron chi connectivity index (χ2n) is 7.97. The molecule has 6 heteroatoms. The number of benzene rings is 3. The van der Waals surface area contributed by atoms with Gasteiger partial charge in [0, 0.05) is 10.4 Å². The first kappa shape index (κ1) is 17.8. The summed E-state index contributed by atoms with van der Waals surface area (Å²) in [6, 6.07) is 17.9. The van der Waals surface area contributed by atoms with E-state index in [9.17, 15) is 9.90 Å². The molecule has 0 radical (unpaired) electrons. The number of nitrogens with one attached hydrogen (secondary N) is 1. The normalized spacial score (nSPS) is 22.6. The number of rotatable bonds is 2. The summed E-state index contributed by atoms with van der Waals surface area (Å²) in [5.74, 6) is 0.918. The van der Waals surface area contributed by atoms with Crippen molar-refractivity contribution >= 4 is 27.6 Å². The quantitative estimate of drug-likeness (QED) is 0.536. The molecule has 150 valence electrons. The van der Waals surface area contributed by atoms with Gasteiger partial charge in [-0.3, -0.25) is 0 Å². The maximum Gasteiger partial charge on any atom is 0.337 e. The van der Waals surface area contributed by atoms with Gasteiger partial charge in [0.25, 0.3) is 0 Å². The lowest BCUT2D eigenvalue weighted by molar-refractivity contribution is 0.0697. The van der Waals surface area contributed by atoms with Crippen LogP contribution in [0.25, 0.3) is 0 Å². The Balaban J connectivity index is 1.56. The van der Waals surface area contributed by atoms with Gasteiger partial charge in [0.15, 0.2) is 11.5 Å². The summed E-state index contributed by atoms with van der Waals surface area (Å²) in [5.41, 5.74) is 5.72. The summed E-state index contributed by atoms with van der Waals surface area (Å²) < 4.78 is 12.1. The fraction of sp³-hybridized carbons (Fsp3) is 0.208. The molecule has 0 saturated carbocycles. The van der Waals surface area contributed by atoms with Gasteiger partial charge in [0.1, 0.15) is 0 Å². The molecule has 0 bridgehead atoms. The first-order valence-electron chi connectivity index (χ1n) is 9.91. The molecule has 2 N–H and O–H groups in total. The molecule has 0 saturated heterocycles. The Kier molecular flexibility index (Phi) is 3.87. The third-order valence-corrected chi connectivity index (χ3v) is 7.18. The van der Waals surface area contributed by atoms with Crippen LogP contribution in [0.2, 0.25) is 0 Å². The van der Waals surface area contributed by atoms with E-state index in [2.05, 4.69) is 51.6 Å². The van der Waals surface area contributed by atoms with Crippen LogP contribution in [0.4, 0.5) is 5.69 Å². The van der Waals surface area contributed by atoms with Gasteiger partial charge < -0.3 is 19.9 Å². The van der Waals surface area contributed by atoms with Crippen molar-refractivity contribution in [1.82, 2.24) is 0 Å². The van der Waals surface area contributed by atoms with Crippen molar-refractivity contribution in [2.24, 2.45) is 5.92 Å². The van der Waals surface area contributed by atoms with E-state index in [0.717, 1.165) is 33.5 Å². The first-order chi connectivity index (χ1) is 14.6. The lowest BCUT2D eigenvalue weighted by atomic mass is 9.75. The molecule has 3 atom stereocenters. The zero-order valence-corrected chi connectivity index (χ0v) is 17.5. The van der Waals surface area contributed by atoms with Crippen molar-refractivity contribution in [3.05, 3.63) is 86.9 Å². The molecule has 2 heterocycles. The third-order valence-electron chi connectivity index (χ3n) is 6.49. The van der Waals surface area contributed by atoms with Gasteiger partial charge in [-0.2, -0.15) is 0 Å². The fourth-order valence-corrected chi connectivity index (χ4v) is 5.81. The molecule has 0 aromatic heterocycles. The monoisotopic (exact) mass is 463 g/mol. The highest BCUT2D eigenvalue weighted by Crippen LogP contribution is 2.56. The topological polar surface area (TPSA) is 67.8 Å². The van der Waals surface area contributed by atoms with E-state index in [-0.39, 0.29) is 24.7 Å². The molecule has 0 amide bonds. The predicted molar refractivity (Wildman–Crippen MR) is 116 cm³/mol. The van der Waals surface area contributed by atoms with Crippen LogP contribution < -0.4 is 14.8 Å². The van der Waals surface area contributed by atoms with Gasteiger partial charge in [-0.15, -0.1) is 0 Å². The first-order valence-corrected chi connectivity index (χ1v) is 10.7. The average Bonchev–Trinajstić information content (AvgIpc) is 3.36. The molecule has 2 aliphatic heterocycles. The number of carboxylic acid groups (broad SMARTS) is 1. The van der Waals surface area contributed by atoms with E-state index >= 15 is 0 Å². The van der Waals surface area contributed by atoms with E-state index < -0.39 is 5.97 Å². The summed E-state index contributed by atoms with van der Waals surface area (Å²) in [5, 5.41) is 13.4. The highest BCUT2D eigenvalue weighted by Gasteiger charge is 2.45. The number of fused-ring (bicyclic) bond motifs is 6. The summed E-state index contributed by atoms with van der Waals surface area (Å²) >= 11 is 3.71. The van der Waals surface area contributed by atoms with Crippen molar-refractivity contribution in [3.63, 3.8) is 0 Å². The van der Waals surface area contributed by atoms with E-state index in [1.165, 1.54) is 11.1 Å². The van der Waals surface area contributed by atoms with Crippen LogP contribution in [0.1, 0.15) is 44.6 Å². The van der Waals surface area contributed by atoms with Crippen molar-refractivity contribution in [1.29, 1.82) is 0 Å². The molecular weight excluding hydrogens is 446 g/mol. The van der Waals surface area contributed by atoms with Gasteiger partial charge >= 0.3 is 5.97 Å². The van der Waals surface area contributed by atoms with Crippen molar-refractivity contribution < 1.29 is 19.4 Å². The smallest absolute Gasteiger partial charge is 0.337 e. The Morgan fingerprint density at radius 3 is 2.60 bits per heavy atom. The van der Waals surface area contributed by atoms with Crippen LogP contribution in [0.15, 0.2) is 59.1 Å². The lowest BCUT2D eigenvalue weighted by Gasteiger charge is -2.39. The molecule has 6 rings (SSSR count). The molecule has 3 aromatic carbocycles. The average molecular weight is 464 g/mol. The van der Waals surface area contributed by atoms with Crippen molar-refractivity contribution in [2.75, 3.05) is 12.1 Å². The Labute approximate surface area is 181 Å². The third kappa shape index (κ3) is 2.50. The number of carbonyl (C=O) groups is 1. The summed E-state index contributed by atoms with van der Waals surface area (Å²) in [4.78, 5) is 12.0. The summed E-state index contributed by atoms with van der Waals surface area (Å²) in [7, 11) is 0. The maximum absolute atomic E-state index is 12.0. The molecule has 0 unspecified atom stereocenters. The van der Waals surface area contributed by atoms with Crippen LogP contribution >= 0.6 is 15.9 Å². The number of hydrogen-bond acceptors (Lipinski definition) is 4. The number of ether oxygens (including phenoxy) is 2. The number of aromatic carboxylic acids is 1. The minimum absolute atomic E-state index is 0.0701. The van der Waals surface area contributed by atoms with Crippen LogP contribution in [-0.2, 0) is 6.42 Å². The standard InChI is InChI=1S/C24H18BrNO4/c25-18-10-20-19(29-11-30-20)9-16(18)23-17-8-12-4-1-2-5-13(12)21(17)14-6-3-7-15(24(27)28)22(14)26-23/h1-7,9-10,17,21,23,26H,8,11H2,(H,27,28)/t17-,21-,23-/m1/s1. The van der Waals surface area contributed by atoms with Gasteiger partial charge in [0.2, 0.25) is 6.79 Å². The molecule has 5 nitrogen and oxygen atoms in total. The van der Waals surface area contributed by atoms with Crippen LogP contribution in [0.3, 0.4) is 0 Å². The fourth-order valence-electron chi connectivity index (χ4n) is 5.25. The van der Waals surface area contributed by atoms with Crippen LogP contribution in [0.5, 0.6) is 11.5 Å². The molecule has 30 heavy (non-hydrogen) atoms. The van der Waals surface area contributed by atoms with E-state index in [0.29, 0.717) is 11.3 Å². The van der Waals surface area contributed by atoms with Gasteiger partial charge in [-0.25, -0.2) is 4.79 Å². The number of carboxylic acids is 1. The van der Waals surface area contributed by atoms with Gasteiger partial charge in [-0.05, 0) is 52.8 Å². The van der Waals surface area contributed by atoms with E-state index in [1.54, 1.807) is 6.07 Å². The van der Waals surface area contributed by atoms with Crippen LogP contribution in [-0.4, -0.2) is 17.9 Å². The molecule has 0 fully saturated rings. The Morgan fingerprint density at radius 1 is 1.00 bits per heavy atom. The summed E-state index contributed by atoms with van der Waals surface area (Å²) in [6.45, 7) is 0.215. The number of halogens is 1. The second kappa shape index (κ2) is 6.51. The Hall–Kier alpha value is -2.99. The molecular formula is C24H18BrNO4. The Morgan fingerprint density at radius 2 is 1.77 bits per heavy atom. The van der Waals surface area contributed by atoms with Crippen molar-refractivity contribution in [2.45, 2.75) is 18.4 Å². The largest absolute Gasteiger partial charge is 0.478 e. The Bertz CT molecular complexity index is 1210. The minimum atomic E-state index is -0.924. The predicted octanol–water partition coefficient (Wildman–Crippen LogP) is 5.35. The molecule has 3 aromatic rings. The SMILES string of the molecule is O=C(O)c1cccc2c1N[C@H](c1cc3c(cc1Br)OCO3)[C@@H]1Cc3ccccc3[C@H]21.